The molecule has 1 aliphatic rings. The van der Waals surface area contributed by atoms with E-state index in [0.717, 1.165) is 13.0 Å². The second kappa shape index (κ2) is 3.55. The van der Waals surface area contributed by atoms with Crippen molar-refractivity contribution in [2.24, 2.45) is 11.7 Å². The van der Waals surface area contributed by atoms with Gasteiger partial charge in [0.15, 0.2) is 0 Å². The molecular weight excluding hydrogens is 138 g/mol. The molecule has 1 rings (SSSR count). The van der Waals surface area contributed by atoms with E-state index in [0.29, 0.717) is 5.92 Å². The molecule has 0 aromatic heterocycles. The minimum Gasteiger partial charge on any atom is -0.385 e. The number of hydrogen-bond acceptors (Lipinski definition) is 2. The lowest BCUT2D eigenvalue weighted by atomic mass is 9.68. The van der Waals surface area contributed by atoms with Crippen LogP contribution >= 0.6 is 0 Å². The third kappa shape index (κ3) is 1.94. The van der Waals surface area contributed by atoms with Gasteiger partial charge in [-0.05, 0) is 31.6 Å². The molecule has 0 aromatic carbocycles. The summed E-state index contributed by atoms with van der Waals surface area (Å²) < 4.78 is 5.02. The van der Waals surface area contributed by atoms with E-state index in [-0.39, 0.29) is 5.54 Å². The van der Waals surface area contributed by atoms with Gasteiger partial charge in [0.05, 0.1) is 0 Å². The Morgan fingerprint density at radius 1 is 1.55 bits per heavy atom. The first-order chi connectivity index (χ1) is 5.19. The quantitative estimate of drug-likeness (QED) is 0.672. The molecule has 1 atom stereocenters. The van der Waals surface area contributed by atoms with Gasteiger partial charge >= 0.3 is 0 Å². The van der Waals surface area contributed by atoms with Gasteiger partial charge in [-0.25, -0.2) is 0 Å². The van der Waals surface area contributed by atoms with Crippen LogP contribution in [0.25, 0.3) is 0 Å². The summed E-state index contributed by atoms with van der Waals surface area (Å²) in [6, 6.07) is 0. The first-order valence-electron chi connectivity index (χ1n) is 4.47. The SMILES string of the molecule is COCCC(C)C1(N)CCC1. The van der Waals surface area contributed by atoms with Gasteiger partial charge in [0, 0.05) is 19.3 Å². The Bertz CT molecular complexity index is 121. The van der Waals surface area contributed by atoms with Crippen molar-refractivity contribution in [2.45, 2.75) is 38.1 Å². The molecule has 2 nitrogen and oxygen atoms in total. The van der Waals surface area contributed by atoms with E-state index in [1.165, 1.54) is 19.3 Å². The van der Waals surface area contributed by atoms with Gasteiger partial charge in [-0.3, -0.25) is 0 Å². The van der Waals surface area contributed by atoms with E-state index in [1.807, 2.05) is 0 Å². The third-order valence-corrected chi connectivity index (χ3v) is 3.02. The minimum absolute atomic E-state index is 0.151. The highest BCUT2D eigenvalue weighted by Crippen LogP contribution is 2.37. The summed E-state index contributed by atoms with van der Waals surface area (Å²) in [7, 11) is 1.75. The molecule has 1 saturated carbocycles. The first kappa shape index (κ1) is 9.01. The summed E-state index contributed by atoms with van der Waals surface area (Å²) in [4.78, 5) is 0. The van der Waals surface area contributed by atoms with Crippen LogP contribution in [0.5, 0.6) is 0 Å². The molecule has 0 spiro atoms. The number of methoxy groups -OCH3 is 1. The molecule has 0 aliphatic heterocycles. The molecule has 0 aromatic rings. The Balaban J connectivity index is 2.22. The van der Waals surface area contributed by atoms with Crippen LogP contribution in [0.4, 0.5) is 0 Å². The summed E-state index contributed by atoms with van der Waals surface area (Å²) in [6.45, 7) is 3.08. The van der Waals surface area contributed by atoms with Gasteiger partial charge in [-0.1, -0.05) is 6.92 Å². The van der Waals surface area contributed by atoms with E-state index in [4.69, 9.17) is 10.5 Å². The van der Waals surface area contributed by atoms with E-state index in [2.05, 4.69) is 6.92 Å². The maximum Gasteiger partial charge on any atom is 0.0465 e. The largest absolute Gasteiger partial charge is 0.385 e. The molecule has 0 amide bonds. The fraction of sp³-hybridized carbons (Fsp3) is 1.00. The number of rotatable bonds is 4. The van der Waals surface area contributed by atoms with Crippen LogP contribution < -0.4 is 5.73 Å². The van der Waals surface area contributed by atoms with Crippen molar-refractivity contribution in [2.75, 3.05) is 13.7 Å². The van der Waals surface area contributed by atoms with Gasteiger partial charge in [0.1, 0.15) is 0 Å². The fourth-order valence-corrected chi connectivity index (χ4v) is 1.66. The fourth-order valence-electron chi connectivity index (χ4n) is 1.66. The zero-order chi connectivity index (χ0) is 8.32. The Hall–Kier alpha value is -0.0800. The molecule has 2 heteroatoms. The monoisotopic (exact) mass is 157 g/mol. The van der Waals surface area contributed by atoms with Crippen molar-refractivity contribution in [1.82, 2.24) is 0 Å². The smallest absolute Gasteiger partial charge is 0.0465 e. The predicted octanol–water partition coefficient (Wildman–Crippen LogP) is 1.54. The van der Waals surface area contributed by atoms with Gasteiger partial charge in [-0.15, -0.1) is 0 Å². The van der Waals surface area contributed by atoms with Crippen LogP contribution in [0, 0.1) is 5.92 Å². The van der Waals surface area contributed by atoms with Gasteiger partial charge in [0.2, 0.25) is 0 Å². The summed E-state index contributed by atoms with van der Waals surface area (Å²) >= 11 is 0. The van der Waals surface area contributed by atoms with Crippen LogP contribution in [0.2, 0.25) is 0 Å². The van der Waals surface area contributed by atoms with Crippen molar-refractivity contribution >= 4 is 0 Å². The summed E-state index contributed by atoms with van der Waals surface area (Å²) in [5, 5.41) is 0. The standard InChI is InChI=1S/C9H19NO/c1-8(4-7-11-2)9(10)5-3-6-9/h8H,3-7,10H2,1-2H3. The normalized spacial score (nSPS) is 24.3. The molecule has 1 unspecified atom stereocenters. The molecule has 11 heavy (non-hydrogen) atoms. The molecule has 66 valence electrons. The molecular formula is C9H19NO. The third-order valence-electron chi connectivity index (χ3n) is 3.02. The molecule has 1 fully saturated rings. The van der Waals surface area contributed by atoms with Crippen LogP contribution in [-0.2, 0) is 4.74 Å². The Labute approximate surface area is 69.1 Å². The highest BCUT2D eigenvalue weighted by atomic mass is 16.5. The second-order valence-electron chi connectivity index (χ2n) is 3.77. The maximum absolute atomic E-state index is 6.13. The van der Waals surface area contributed by atoms with Crippen LogP contribution in [0.1, 0.15) is 32.6 Å². The Morgan fingerprint density at radius 2 is 2.18 bits per heavy atom. The lowest BCUT2D eigenvalue weighted by Crippen LogP contribution is -2.52. The molecule has 0 saturated heterocycles. The van der Waals surface area contributed by atoms with E-state index < -0.39 is 0 Å². The van der Waals surface area contributed by atoms with Crippen molar-refractivity contribution in [3.63, 3.8) is 0 Å². The van der Waals surface area contributed by atoms with E-state index in [1.54, 1.807) is 7.11 Å². The lowest BCUT2D eigenvalue weighted by molar-refractivity contribution is 0.114. The Kier molecular flexibility index (Phi) is 2.90. The highest BCUT2D eigenvalue weighted by molar-refractivity contribution is 4.96. The zero-order valence-corrected chi connectivity index (χ0v) is 7.60. The predicted molar refractivity (Wildman–Crippen MR) is 46.4 cm³/mol. The van der Waals surface area contributed by atoms with Crippen LogP contribution in [-0.4, -0.2) is 19.3 Å². The van der Waals surface area contributed by atoms with Gasteiger partial charge in [0.25, 0.3) is 0 Å². The Morgan fingerprint density at radius 3 is 2.55 bits per heavy atom. The molecule has 0 heterocycles. The van der Waals surface area contributed by atoms with Crippen molar-refractivity contribution in [3.05, 3.63) is 0 Å². The summed E-state index contributed by atoms with van der Waals surface area (Å²) in [5.41, 5.74) is 6.28. The van der Waals surface area contributed by atoms with E-state index >= 15 is 0 Å². The average molecular weight is 157 g/mol. The molecule has 0 bridgehead atoms. The second-order valence-corrected chi connectivity index (χ2v) is 3.77. The van der Waals surface area contributed by atoms with Crippen molar-refractivity contribution < 1.29 is 4.74 Å². The lowest BCUT2D eigenvalue weighted by Gasteiger charge is -2.43. The van der Waals surface area contributed by atoms with Gasteiger partial charge < -0.3 is 10.5 Å². The van der Waals surface area contributed by atoms with Crippen molar-refractivity contribution in [1.29, 1.82) is 0 Å². The topological polar surface area (TPSA) is 35.2 Å². The average Bonchev–Trinajstić information content (AvgIpc) is 1.95. The van der Waals surface area contributed by atoms with Gasteiger partial charge in [-0.2, -0.15) is 0 Å². The summed E-state index contributed by atoms with van der Waals surface area (Å²) in [5.74, 6) is 0.621. The minimum atomic E-state index is 0.151. The number of hydrogen-bond donors (Lipinski definition) is 1. The highest BCUT2D eigenvalue weighted by Gasteiger charge is 2.37. The maximum atomic E-state index is 6.13. The van der Waals surface area contributed by atoms with Crippen LogP contribution in [0.15, 0.2) is 0 Å². The summed E-state index contributed by atoms with van der Waals surface area (Å²) in [6.07, 6.45) is 4.83. The van der Waals surface area contributed by atoms with Crippen molar-refractivity contribution in [3.8, 4) is 0 Å². The number of nitrogens with two attached hydrogens (primary N) is 1. The molecule has 0 radical (unpaired) electrons. The van der Waals surface area contributed by atoms with E-state index in [9.17, 15) is 0 Å². The molecule has 2 N–H and O–H groups in total. The van der Waals surface area contributed by atoms with Crippen LogP contribution in [0.3, 0.4) is 0 Å². The number of ether oxygens (including phenoxy) is 1. The zero-order valence-electron chi connectivity index (χ0n) is 7.60. The first-order valence-corrected chi connectivity index (χ1v) is 4.47. The molecule has 1 aliphatic carbocycles.